The van der Waals surface area contributed by atoms with Gasteiger partial charge in [0.05, 0.1) is 17.1 Å². The molecule has 0 radical (unpaired) electrons. The number of anilines is 3. The Morgan fingerprint density at radius 2 is 1.11 bits per heavy atom. The highest BCUT2D eigenvalue weighted by atomic mass is 32.2. The molecule has 4 aromatic carbocycles. The Kier molecular flexibility index (Phi) is 6.73. The van der Waals surface area contributed by atoms with Crippen LogP contribution in [0.2, 0.25) is 0 Å². The first-order valence-electron chi connectivity index (χ1n) is 11.9. The highest BCUT2D eigenvalue weighted by Gasteiger charge is 2.26. The largest absolute Gasteiger partial charge is 0.368 e. The fourth-order valence-electron chi connectivity index (χ4n) is 4.49. The zero-order chi connectivity index (χ0) is 24.1. The van der Waals surface area contributed by atoms with Crippen LogP contribution in [0.5, 0.6) is 0 Å². The van der Waals surface area contributed by atoms with Gasteiger partial charge in [-0.1, -0.05) is 72.8 Å². The van der Waals surface area contributed by atoms with E-state index in [9.17, 15) is 8.42 Å². The number of para-hydroxylation sites is 1. The van der Waals surface area contributed by atoms with E-state index >= 15 is 0 Å². The molecule has 0 aromatic heterocycles. The number of hydrogen-bond donors (Lipinski definition) is 0. The zero-order valence-electron chi connectivity index (χ0n) is 19.6. The summed E-state index contributed by atoms with van der Waals surface area (Å²) in [4.78, 5) is 5.01. The summed E-state index contributed by atoms with van der Waals surface area (Å²) in [5, 5.41) is 0. The minimum atomic E-state index is -3.74. The molecule has 0 amide bonds. The van der Waals surface area contributed by atoms with Crippen molar-refractivity contribution in [2.24, 2.45) is 0 Å². The van der Waals surface area contributed by atoms with Crippen LogP contribution in [0, 0.1) is 0 Å². The molecule has 1 heterocycles. The van der Waals surface area contributed by atoms with Crippen LogP contribution in [0.4, 0.5) is 17.1 Å². The lowest BCUT2D eigenvalue weighted by molar-refractivity contribution is 0.590. The van der Waals surface area contributed by atoms with Gasteiger partial charge in [0.2, 0.25) is 0 Å². The summed E-state index contributed by atoms with van der Waals surface area (Å²) in [6.07, 6.45) is 0. The summed E-state index contributed by atoms with van der Waals surface area (Å²) in [5.74, 6) is 0. The monoisotopic (exact) mass is 483 g/mol. The minimum Gasteiger partial charge on any atom is -0.368 e. The molecule has 1 aliphatic rings. The van der Waals surface area contributed by atoms with Crippen LogP contribution in [-0.2, 0) is 16.6 Å². The van der Waals surface area contributed by atoms with Crippen molar-refractivity contribution in [3.05, 3.63) is 121 Å². The number of piperazine rings is 1. The Balaban J connectivity index is 1.42. The van der Waals surface area contributed by atoms with E-state index in [4.69, 9.17) is 0 Å². The quantitative estimate of drug-likeness (QED) is 0.353. The molecular formula is C29H29N3O2S. The maximum absolute atomic E-state index is 13.7. The molecule has 1 fully saturated rings. The molecule has 5 rings (SSSR count). The lowest BCUT2D eigenvalue weighted by Crippen LogP contribution is -2.46. The second-order valence-corrected chi connectivity index (χ2v) is 10.5. The van der Waals surface area contributed by atoms with Crippen molar-refractivity contribution in [2.45, 2.75) is 11.4 Å². The Labute approximate surface area is 207 Å². The number of sulfonamides is 1. The third kappa shape index (κ3) is 5.17. The Morgan fingerprint density at radius 1 is 0.600 bits per heavy atom. The van der Waals surface area contributed by atoms with Gasteiger partial charge in [0.15, 0.2) is 0 Å². The smallest absolute Gasteiger partial charge is 0.264 e. The Hall–Kier alpha value is -3.77. The fourth-order valence-corrected chi connectivity index (χ4v) is 5.96. The first-order valence-corrected chi connectivity index (χ1v) is 13.3. The molecule has 0 N–H and O–H groups in total. The summed E-state index contributed by atoms with van der Waals surface area (Å²) in [6, 6.07) is 36.8. The normalized spacial score (nSPS) is 14.1. The van der Waals surface area contributed by atoms with Gasteiger partial charge in [-0.05, 0) is 48.0 Å². The van der Waals surface area contributed by atoms with Crippen LogP contribution in [0.15, 0.2) is 120 Å². The van der Waals surface area contributed by atoms with Gasteiger partial charge in [-0.3, -0.25) is 4.31 Å². The first-order chi connectivity index (χ1) is 17.1. The summed E-state index contributed by atoms with van der Waals surface area (Å²) >= 11 is 0. The predicted molar refractivity (Wildman–Crippen MR) is 144 cm³/mol. The van der Waals surface area contributed by atoms with Gasteiger partial charge in [0, 0.05) is 37.6 Å². The molecule has 6 heteroatoms. The van der Waals surface area contributed by atoms with E-state index in [-0.39, 0.29) is 11.4 Å². The molecule has 5 nitrogen and oxygen atoms in total. The standard InChI is InChI=1S/C29H29N3O2S/c33-35(34,29-17-8-3-9-18-29)32(24-25-11-4-1-5-12-25)28-16-10-15-27(23-28)31-21-19-30(20-22-31)26-13-6-2-7-14-26/h1-18,23H,19-22,24H2. The van der Waals surface area contributed by atoms with Gasteiger partial charge in [-0.25, -0.2) is 8.42 Å². The van der Waals surface area contributed by atoms with Crippen molar-refractivity contribution in [3.63, 3.8) is 0 Å². The molecule has 0 bridgehead atoms. The maximum atomic E-state index is 13.7. The predicted octanol–water partition coefficient (Wildman–Crippen LogP) is 5.41. The average Bonchev–Trinajstić information content (AvgIpc) is 2.93. The summed E-state index contributed by atoms with van der Waals surface area (Å²) in [6.45, 7) is 3.86. The SMILES string of the molecule is O=S(=O)(c1ccccc1)N(Cc1ccccc1)c1cccc(N2CCN(c3ccccc3)CC2)c1. The van der Waals surface area contributed by atoms with Gasteiger partial charge < -0.3 is 9.80 Å². The van der Waals surface area contributed by atoms with Crippen LogP contribution in [0.1, 0.15) is 5.56 Å². The second kappa shape index (κ2) is 10.2. The van der Waals surface area contributed by atoms with Gasteiger partial charge in [-0.15, -0.1) is 0 Å². The van der Waals surface area contributed by atoms with E-state index in [2.05, 4.69) is 40.1 Å². The van der Waals surface area contributed by atoms with E-state index in [0.717, 1.165) is 37.4 Å². The van der Waals surface area contributed by atoms with Gasteiger partial charge >= 0.3 is 0 Å². The lowest BCUT2D eigenvalue weighted by Gasteiger charge is -2.37. The summed E-state index contributed by atoms with van der Waals surface area (Å²) < 4.78 is 29.0. The lowest BCUT2D eigenvalue weighted by atomic mass is 10.2. The third-order valence-electron chi connectivity index (χ3n) is 6.38. The highest BCUT2D eigenvalue weighted by molar-refractivity contribution is 7.92. The summed E-state index contributed by atoms with van der Waals surface area (Å²) in [7, 11) is -3.74. The zero-order valence-corrected chi connectivity index (χ0v) is 20.4. The number of nitrogens with zero attached hydrogens (tertiary/aromatic N) is 3. The molecule has 0 atom stereocenters. The van der Waals surface area contributed by atoms with Crippen molar-refractivity contribution in [1.29, 1.82) is 0 Å². The number of hydrogen-bond acceptors (Lipinski definition) is 4. The van der Waals surface area contributed by atoms with Crippen LogP contribution < -0.4 is 14.1 Å². The van der Waals surface area contributed by atoms with E-state index in [0.29, 0.717) is 5.69 Å². The van der Waals surface area contributed by atoms with Gasteiger partial charge in [0.25, 0.3) is 10.0 Å². The van der Waals surface area contributed by atoms with Crippen LogP contribution >= 0.6 is 0 Å². The molecule has 0 unspecified atom stereocenters. The van der Waals surface area contributed by atoms with Crippen molar-refractivity contribution in [2.75, 3.05) is 40.3 Å². The molecule has 178 valence electrons. The van der Waals surface area contributed by atoms with Gasteiger partial charge in [0.1, 0.15) is 0 Å². The molecule has 0 saturated carbocycles. The maximum Gasteiger partial charge on any atom is 0.264 e. The van der Waals surface area contributed by atoms with E-state index < -0.39 is 10.0 Å². The van der Waals surface area contributed by atoms with Crippen LogP contribution in [-0.4, -0.2) is 34.6 Å². The Morgan fingerprint density at radius 3 is 1.74 bits per heavy atom. The van der Waals surface area contributed by atoms with Crippen LogP contribution in [0.3, 0.4) is 0 Å². The highest BCUT2D eigenvalue weighted by Crippen LogP contribution is 2.30. The molecular weight excluding hydrogens is 454 g/mol. The van der Waals surface area contributed by atoms with Crippen molar-refractivity contribution in [3.8, 4) is 0 Å². The Bertz CT molecular complexity index is 1340. The van der Waals surface area contributed by atoms with E-state index in [1.54, 1.807) is 24.3 Å². The minimum absolute atomic E-state index is 0.267. The number of benzene rings is 4. The molecule has 0 spiro atoms. The summed E-state index contributed by atoms with van der Waals surface area (Å²) in [5.41, 5.74) is 3.88. The van der Waals surface area contributed by atoms with E-state index in [1.165, 1.54) is 9.99 Å². The second-order valence-electron chi connectivity index (χ2n) is 8.64. The van der Waals surface area contributed by atoms with E-state index in [1.807, 2.05) is 60.7 Å². The van der Waals surface area contributed by atoms with Crippen molar-refractivity contribution < 1.29 is 8.42 Å². The van der Waals surface area contributed by atoms with Crippen molar-refractivity contribution in [1.82, 2.24) is 0 Å². The first kappa shape index (κ1) is 23.0. The van der Waals surface area contributed by atoms with Crippen molar-refractivity contribution >= 4 is 27.1 Å². The molecule has 4 aromatic rings. The number of rotatable bonds is 7. The van der Waals surface area contributed by atoms with Gasteiger partial charge in [-0.2, -0.15) is 0 Å². The molecule has 1 aliphatic heterocycles. The third-order valence-corrected chi connectivity index (χ3v) is 8.17. The fraction of sp³-hybridized carbons (Fsp3) is 0.172. The van der Waals surface area contributed by atoms with Crippen LogP contribution in [0.25, 0.3) is 0 Å². The molecule has 0 aliphatic carbocycles. The molecule has 35 heavy (non-hydrogen) atoms. The molecule has 1 saturated heterocycles. The topological polar surface area (TPSA) is 43.9 Å². The average molecular weight is 484 g/mol.